The molecule has 0 aliphatic carbocycles. The van der Waals surface area contributed by atoms with Gasteiger partial charge in [0.25, 0.3) is 0 Å². The number of halogens is 1. The number of aromatic nitrogens is 2. The van der Waals surface area contributed by atoms with E-state index in [1.807, 2.05) is 18.5 Å². The van der Waals surface area contributed by atoms with E-state index >= 15 is 0 Å². The third kappa shape index (κ3) is 5.09. The Labute approximate surface area is 124 Å². The quantitative estimate of drug-likeness (QED) is 0.463. The summed E-state index contributed by atoms with van der Waals surface area (Å²) in [4.78, 5) is 12.2. The molecule has 0 fully saturated rings. The highest BCUT2D eigenvalue weighted by molar-refractivity contribution is 9.10. The van der Waals surface area contributed by atoms with Crippen LogP contribution in [0.25, 0.3) is 0 Å². The predicted molar refractivity (Wildman–Crippen MR) is 82.6 cm³/mol. The molecule has 0 saturated carbocycles. The molecule has 0 aliphatic heterocycles. The van der Waals surface area contributed by atoms with Crippen LogP contribution in [-0.2, 0) is 0 Å². The molecule has 3 nitrogen and oxygen atoms in total. The first-order valence-corrected chi connectivity index (χ1v) is 8.13. The molecule has 0 aromatic carbocycles. The van der Waals surface area contributed by atoms with Gasteiger partial charge in [0.15, 0.2) is 5.78 Å². The number of nitrogens with zero attached hydrogens (tertiary/aromatic N) is 2. The van der Waals surface area contributed by atoms with E-state index in [1.54, 1.807) is 6.20 Å². The lowest BCUT2D eigenvalue weighted by Crippen LogP contribution is -2.13. The van der Waals surface area contributed by atoms with Crippen LogP contribution in [-0.4, -0.2) is 15.6 Å². The van der Waals surface area contributed by atoms with E-state index in [9.17, 15) is 4.79 Å². The Kier molecular flexibility index (Phi) is 7.36. The molecule has 0 saturated heterocycles. The van der Waals surface area contributed by atoms with Crippen LogP contribution >= 0.6 is 15.9 Å². The molecule has 0 bridgehead atoms. The SMILES string of the molecule is CCCCCCCCC(=O)c1c(Br)cnn1C(C)C. The van der Waals surface area contributed by atoms with Crippen molar-refractivity contribution in [1.82, 2.24) is 9.78 Å². The summed E-state index contributed by atoms with van der Waals surface area (Å²) < 4.78 is 2.63. The Bertz CT molecular complexity index is 399. The zero-order valence-electron chi connectivity index (χ0n) is 12.3. The van der Waals surface area contributed by atoms with Crippen molar-refractivity contribution in [1.29, 1.82) is 0 Å². The summed E-state index contributed by atoms with van der Waals surface area (Å²) in [5, 5.41) is 4.25. The molecule has 0 amide bonds. The van der Waals surface area contributed by atoms with E-state index in [4.69, 9.17) is 0 Å². The van der Waals surface area contributed by atoms with Crippen molar-refractivity contribution >= 4 is 21.7 Å². The largest absolute Gasteiger partial charge is 0.292 e. The topological polar surface area (TPSA) is 34.9 Å². The minimum absolute atomic E-state index is 0.202. The molecule has 1 heterocycles. The molecule has 0 unspecified atom stereocenters. The summed E-state index contributed by atoms with van der Waals surface area (Å²) in [6, 6.07) is 0.217. The van der Waals surface area contributed by atoms with Gasteiger partial charge in [-0.2, -0.15) is 5.10 Å². The van der Waals surface area contributed by atoms with E-state index in [2.05, 4.69) is 28.0 Å². The van der Waals surface area contributed by atoms with Gasteiger partial charge in [-0.05, 0) is 36.2 Å². The summed E-state index contributed by atoms with van der Waals surface area (Å²) >= 11 is 3.43. The highest BCUT2D eigenvalue weighted by atomic mass is 79.9. The van der Waals surface area contributed by atoms with Gasteiger partial charge in [0.2, 0.25) is 0 Å². The highest BCUT2D eigenvalue weighted by Gasteiger charge is 2.18. The van der Waals surface area contributed by atoms with Crippen molar-refractivity contribution in [3.63, 3.8) is 0 Å². The van der Waals surface area contributed by atoms with Crippen molar-refractivity contribution in [2.45, 2.75) is 71.8 Å². The molecular weight excluding hydrogens is 304 g/mol. The van der Waals surface area contributed by atoms with Gasteiger partial charge >= 0.3 is 0 Å². The van der Waals surface area contributed by atoms with Crippen LogP contribution in [0.3, 0.4) is 0 Å². The van der Waals surface area contributed by atoms with Crippen LogP contribution in [0.1, 0.15) is 82.2 Å². The molecule has 1 rings (SSSR count). The monoisotopic (exact) mass is 328 g/mol. The molecule has 108 valence electrons. The van der Waals surface area contributed by atoms with Gasteiger partial charge in [-0.15, -0.1) is 0 Å². The van der Waals surface area contributed by atoms with Crippen molar-refractivity contribution in [3.8, 4) is 0 Å². The lowest BCUT2D eigenvalue weighted by Gasteiger charge is -2.10. The van der Waals surface area contributed by atoms with Crippen molar-refractivity contribution < 1.29 is 4.79 Å². The average molecular weight is 329 g/mol. The Hall–Kier alpha value is -0.640. The third-order valence-corrected chi connectivity index (χ3v) is 3.84. The third-order valence-electron chi connectivity index (χ3n) is 3.26. The maximum atomic E-state index is 12.2. The minimum Gasteiger partial charge on any atom is -0.292 e. The van der Waals surface area contributed by atoms with Crippen LogP contribution in [0.4, 0.5) is 0 Å². The molecule has 0 aliphatic rings. The second-order valence-corrected chi connectivity index (χ2v) is 6.17. The molecule has 1 aromatic rings. The van der Waals surface area contributed by atoms with E-state index < -0.39 is 0 Å². The molecule has 0 radical (unpaired) electrons. The lowest BCUT2D eigenvalue weighted by molar-refractivity contribution is 0.0966. The van der Waals surface area contributed by atoms with Crippen LogP contribution in [0.5, 0.6) is 0 Å². The number of hydrogen-bond donors (Lipinski definition) is 0. The Morgan fingerprint density at radius 1 is 1.26 bits per heavy atom. The van der Waals surface area contributed by atoms with E-state index in [1.165, 1.54) is 25.7 Å². The summed E-state index contributed by atoms with van der Waals surface area (Å²) in [6.07, 6.45) is 9.58. The van der Waals surface area contributed by atoms with Gasteiger partial charge in [-0.25, -0.2) is 0 Å². The number of Topliss-reactive ketones (excluding diaryl/α,β-unsaturated/α-hetero) is 1. The van der Waals surface area contributed by atoms with Gasteiger partial charge in [0.1, 0.15) is 5.69 Å². The fraction of sp³-hybridized carbons (Fsp3) is 0.733. The van der Waals surface area contributed by atoms with Gasteiger partial charge in [-0.3, -0.25) is 9.48 Å². The summed E-state index contributed by atoms with van der Waals surface area (Å²) in [5.41, 5.74) is 0.726. The first-order chi connectivity index (χ1) is 9.07. The Morgan fingerprint density at radius 2 is 1.89 bits per heavy atom. The van der Waals surface area contributed by atoms with Crippen molar-refractivity contribution in [2.24, 2.45) is 0 Å². The van der Waals surface area contributed by atoms with Gasteiger partial charge in [0, 0.05) is 12.5 Å². The average Bonchev–Trinajstić information content (AvgIpc) is 2.75. The fourth-order valence-electron chi connectivity index (χ4n) is 2.18. The Balaban J connectivity index is 2.43. The highest BCUT2D eigenvalue weighted by Crippen LogP contribution is 2.22. The molecule has 1 aromatic heterocycles. The minimum atomic E-state index is 0.202. The number of carbonyl (C=O) groups is 1. The van der Waals surface area contributed by atoms with Gasteiger partial charge < -0.3 is 0 Å². The smallest absolute Gasteiger partial charge is 0.182 e. The van der Waals surface area contributed by atoms with Crippen LogP contribution in [0.15, 0.2) is 10.7 Å². The standard InChI is InChI=1S/C15H25BrN2O/c1-4-5-6-7-8-9-10-14(19)15-13(16)11-17-18(15)12(2)3/h11-12H,4-10H2,1-3H3. The second-order valence-electron chi connectivity index (χ2n) is 5.32. The number of rotatable bonds is 9. The fourth-order valence-corrected chi connectivity index (χ4v) is 2.67. The first kappa shape index (κ1) is 16.4. The number of ketones is 1. The summed E-state index contributed by atoms with van der Waals surface area (Å²) in [6.45, 7) is 6.30. The van der Waals surface area contributed by atoms with Crippen molar-refractivity contribution in [3.05, 3.63) is 16.4 Å². The number of carbonyl (C=O) groups excluding carboxylic acids is 1. The molecule has 19 heavy (non-hydrogen) atoms. The van der Waals surface area contributed by atoms with E-state index in [-0.39, 0.29) is 11.8 Å². The zero-order valence-corrected chi connectivity index (χ0v) is 13.9. The molecule has 4 heteroatoms. The van der Waals surface area contributed by atoms with Crippen LogP contribution < -0.4 is 0 Å². The van der Waals surface area contributed by atoms with Gasteiger partial charge in [-0.1, -0.05) is 39.0 Å². The molecular formula is C15H25BrN2O. The maximum absolute atomic E-state index is 12.2. The number of unbranched alkanes of at least 4 members (excludes halogenated alkanes) is 5. The number of hydrogen-bond acceptors (Lipinski definition) is 2. The lowest BCUT2D eigenvalue weighted by atomic mass is 10.1. The summed E-state index contributed by atoms with van der Waals surface area (Å²) in [7, 11) is 0. The molecule has 0 N–H and O–H groups in total. The predicted octanol–water partition coefficient (Wildman–Crippen LogP) is 5.16. The van der Waals surface area contributed by atoms with Crippen LogP contribution in [0.2, 0.25) is 0 Å². The Morgan fingerprint density at radius 3 is 2.53 bits per heavy atom. The zero-order chi connectivity index (χ0) is 14.3. The maximum Gasteiger partial charge on any atom is 0.182 e. The summed E-state index contributed by atoms with van der Waals surface area (Å²) in [5.74, 6) is 0.202. The first-order valence-electron chi connectivity index (χ1n) is 7.34. The molecule has 0 atom stereocenters. The normalized spacial score (nSPS) is 11.2. The van der Waals surface area contributed by atoms with E-state index in [0.717, 1.165) is 23.0 Å². The van der Waals surface area contributed by atoms with Crippen molar-refractivity contribution in [2.75, 3.05) is 0 Å². The van der Waals surface area contributed by atoms with E-state index in [0.29, 0.717) is 6.42 Å². The second kappa shape index (κ2) is 8.51. The molecule has 0 spiro atoms. The van der Waals surface area contributed by atoms with Gasteiger partial charge in [0.05, 0.1) is 10.7 Å². The van der Waals surface area contributed by atoms with Crippen LogP contribution in [0, 0.1) is 0 Å².